The highest BCUT2D eigenvalue weighted by Gasteiger charge is 2.43. The first-order valence-corrected chi connectivity index (χ1v) is 20.8. The standard InChI is InChI=1S/C44H48N2O5Si/c1-43(2,3)52(4,5)51-30-39(45-42(49)50-29-38-36-27-17-15-25-34(36)35-26-16-18-28-37(35)38)40(47)41(48)46-44(31-19-9-6-10-20-31,32-21-11-7-12-22-32)33-23-13-8-14-24-33/h6-28,38-40,47H,29-30H2,1-5H3,(H,45,49)(H,46,48)/t39-,40?/m1/s1. The first kappa shape index (κ1) is 36.8. The van der Waals surface area contributed by atoms with E-state index in [0.29, 0.717) is 0 Å². The first-order valence-electron chi connectivity index (χ1n) is 17.8. The molecule has 3 N–H and O–H groups in total. The largest absolute Gasteiger partial charge is 0.449 e. The maximum atomic E-state index is 14.5. The van der Waals surface area contributed by atoms with Crippen molar-refractivity contribution in [2.45, 2.75) is 62.5 Å². The second-order valence-corrected chi connectivity index (χ2v) is 19.7. The zero-order valence-electron chi connectivity index (χ0n) is 30.5. The molecule has 8 heteroatoms. The lowest BCUT2D eigenvalue weighted by atomic mass is 9.76. The number of ether oxygens (including phenoxy) is 1. The van der Waals surface area contributed by atoms with Crippen molar-refractivity contribution in [1.29, 1.82) is 0 Å². The van der Waals surface area contributed by atoms with E-state index >= 15 is 0 Å². The molecule has 0 saturated heterocycles. The highest BCUT2D eigenvalue weighted by molar-refractivity contribution is 6.74. The number of carbonyl (C=O) groups is 2. The van der Waals surface area contributed by atoms with E-state index < -0.39 is 38.0 Å². The monoisotopic (exact) mass is 712 g/mol. The Hall–Kier alpha value is -5.02. The Bertz CT molecular complexity index is 1840. The first-order chi connectivity index (χ1) is 24.9. The minimum Gasteiger partial charge on any atom is -0.449 e. The third-order valence-electron chi connectivity index (χ3n) is 10.7. The van der Waals surface area contributed by atoms with Gasteiger partial charge in [0.15, 0.2) is 14.4 Å². The SMILES string of the molecule is CC(C)(C)[Si](C)(C)OC[C@@H](NC(=O)OCC1c2ccccc2-c2ccccc21)C(O)C(=O)NC(c1ccccc1)(c1ccccc1)c1ccccc1. The Morgan fingerprint density at radius 2 is 1.12 bits per heavy atom. The summed E-state index contributed by atoms with van der Waals surface area (Å²) in [7, 11) is -2.36. The summed E-state index contributed by atoms with van der Waals surface area (Å²) in [5.74, 6) is -0.809. The van der Waals surface area contributed by atoms with Gasteiger partial charge in [0.05, 0.1) is 12.6 Å². The number of aliphatic hydroxyl groups is 1. The van der Waals surface area contributed by atoms with Gasteiger partial charge in [0, 0.05) is 5.92 Å². The summed E-state index contributed by atoms with van der Waals surface area (Å²) in [6.07, 6.45) is -2.42. The lowest BCUT2D eigenvalue weighted by Crippen LogP contribution is -2.58. The van der Waals surface area contributed by atoms with Crippen LogP contribution in [0.1, 0.15) is 54.5 Å². The zero-order chi connectivity index (χ0) is 36.9. The van der Waals surface area contributed by atoms with Gasteiger partial charge < -0.3 is 24.9 Å². The topological polar surface area (TPSA) is 96.9 Å². The molecule has 268 valence electrons. The summed E-state index contributed by atoms with van der Waals surface area (Å²) >= 11 is 0. The summed E-state index contributed by atoms with van der Waals surface area (Å²) in [4.78, 5) is 28.1. The average Bonchev–Trinajstić information content (AvgIpc) is 3.48. The molecule has 0 bridgehead atoms. The molecule has 0 fully saturated rings. The third kappa shape index (κ3) is 7.46. The molecule has 2 atom stereocenters. The van der Waals surface area contributed by atoms with Gasteiger partial charge >= 0.3 is 6.09 Å². The van der Waals surface area contributed by atoms with Gasteiger partial charge in [-0.3, -0.25) is 4.79 Å². The van der Waals surface area contributed by atoms with Crippen molar-refractivity contribution in [3.63, 3.8) is 0 Å². The maximum absolute atomic E-state index is 14.5. The number of hydrogen-bond donors (Lipinski definition) is 3. The van der Waals surface area contributed by atoms with E-state index in [-0.39, 0.29) is 24.2 Å². The molecule has 52 heavy (non-hydrogen) atoms. The Labute approximate surface area is 308 Å². The van der Waals surface area contributed by atoms with Crippen LogP contribution >= 0.6 is 0 Å². The van der Waals surface area contributed by atoms with Crippen LogP contribution in [0.2, 0.25) is 18.1 Å². The molecule has 5 aromatic rings. The van der Waals surface area contributed by atoms with Gasteiger partial charge in [0.25, 0.3) is 5.91 Å². The number of rotatable bonds is 12. The molecule has 2 amide bonds. The van der Waals surface area contributed by atoms with E-state index in [1.165, 1.54) is 0 Å². The van der Waals surface area contributed by atoms with Crippen molar-refractivity contribution in [3.05, 3.63) is 167 Å². The molecule has 0 saturated carbocycles. The molecule has 1 aliphatic carbocycles. The van der Waals surface area contributed by atoms with Gasteiger partial charge in [-0.05, 0) is 57.1 Å². The quantitative estimate of drug-likeness (QED) is 0.0893. The minimum absolute atomic E-state index is 0.0791. The number of benzene rings is 5. The highest BCUT2D eigenvalue weighted by atomic mass is 28.4. The average molecular weight is 713 g/mol. The van der Waals surface area contributed by atoms with Gasteiger partial charge in [0.2, 0.25) is 0 Å². The second kappa shape index (κ2) is 15.3. The predicted molar refractivity (Wildman–Crippen MR) is 208 cm³/mol. The van der Waals surface area contributed by atoms with Crippen LogP contribution in [0.15, 0.2) is 140 Å². The van der Waals surface area contributed by atoms with Crippen LogP contribution < -0.4 is 10.6 Å². The van der Waals surface area contributed by atoms with Crippen molar-refractivity contribution in [1.82, 2.24) is 10.6 Å². The fraction of sp³-hybridized carbons (Fsp3) is 0.273. The summed E-state index contributed by atoms with van der Waals surface area (Å²) in [6, 6.07) is 44.2. The molecule has 7 nitrogen and oxygen atoms in total. The van der Waals surface area contributed by atoms with E-state index in [4.69, 9.17) is 9.16 Å². The number of fused-ring (bicyclic) bond motifs is 3. The van der Waals surface area contributed by atoms with Gasteiger partial charge in [-0.15, -0.1) is 0 Å². The number of nitrogens with one attached hydrogen (secondary N) is 2. The smallest absolute Gasteiger partial charge is 0.407 e. The van der Waals surface area contributed by atoms with Crippen molar-refractivity contribution < 1.29 is 23.9 Å². The number of aliphatic hydroxyl groups excluding tert-OH is 1. The zero-order valence-corrected chi connectivity index (χ0v) is 31.5. The van der Waals surface area contributed by atoms with Gasteiger partial charge in [-0.1, -0.05) is 160 Å². The van der Waals surface area contributed by atoms with Crippen molar-refractivity contribution in [3.8, 4) is 11.1 Å². The van der Waals surface area contributed by atoms with Crippen molar-refractivity contribution in [2.75, 3.05) is 13.2 Å². The fourth-order valence-electron chi connectivity index (χ4n) is 6.74. The van der Waals surface area contributed by atoms with E-state index in [2.05, 4.69) is 68.8 Å². The van der Waals surface area contributed by atoms with E-state index in [0.717, 1.165) is 38.9 Å². The van der Waals surface area contributed by atoms with Crippen LogP contribution in [0.4, 0.5) is 4.79 Å². The van der Waals surface area contributed by atoms with Crippen LogP contribution in [0.3, 0.4) is 0 Å². The Kier molecular flexibility index (Phi) is 10.8. The fourth-order valence-corrected chi connectivity index (χ4v) is 7.77. The summed E-state index contributed by atoms with van der Waals surface area (Å²) in [5, 5.41) is 17.8. The van der Waals surface area contributed by atoms with Crippen LogP contribution in [0.25, 0.3) is 11.1 Å². The molecule has 0 heterocycles. The highest BCUT2D eigenvalue weighted by Crippen LogP contribution is 2.44. The van der Waals surface area contributed by atoms with E-state index in [9.17, 15) is 14.7 Å². The Morgan fingerprint density at radius 3 is 1.56 bits per heavy atom. The van der Waals surface area contributed by atoms with Gasteiger partial charge in [0.1, 0.15) is 12.1 Å². The van der Waals surface area contributed by atoms with Crippen LogP contribution in [-0.4, -0.2) is 50.8 Å². The molecule has 5 aromatic carbocycles. The molecule has 1 unspecified atom stereocenters. The van der Waals surface area contributed by atoms with Crippen LogP contribution in [0, 0.1) is 0 Å². The van der Waals surface area contributed by atoms with E-state index in [1.807, 2.05) is 115 Å². The van der Waals surface area contributed by atoms with Crippen LogP contribution in [0.5, 0.6) is 0 Å². The van der Waals surface area contributed by atoms with Crippen molar-refractivity contribution in [2.24, 2.45) is 0 Å². The second-order valence-electron chi connectivity index (χ2n) is 14.9. The molecular formula is C44H48N2O5Si. The molecule has 0 aliphatic heterocycles. The summed E-state index contributed by atoms with van der Waals surface area (Å²) in [6.45, 7) is 10.5. The maximum Gasteiger partial charge on any atom is 0.407 e. The number of carbonyl (C=O) groups excluding carboxylic acids is 2. The molecule has 1 aliphatic rings. The lowest BCUT2D eigenvalue weighted by molar-refractivity contribution is -0.132. The molecule has 0 spiro atoms. The summed E-state index contributed by atoms with van der Waals surface area (Å²) in [5.41, 5.74) is 5.71. The van der Waals surface area contributed by atoms with Crippen molar-refractivity contribution >= 4 is 20.3 Å². The molecule has 0 aromatic heterocycles. The predicted octanol–water partition coefficient (Wildman–Crippen LogP) is 8.38. The minimum atomic E-state index is -2.36. The number of hydrogen-bond acceptors (Lipinski definition) is 5. The lowest BCUT2D eigenvalue weighted by Gasteiger charge is -2.39. The Morgan fingerprint density at radius 1 is 0.692 bits per heavy atom. The van der Waals surface area contributed by atoms with Gasteiger partial charge in [-0.2, -0.15) is 0 Å². The van der Waals surface area contributed by atoms with Gasteiger partial charge in [-0.25, -0.2) is 4.79 Å². The summed E-state index contributed by atoms with van der Waals surface area (Å²) < 4.78 is 12.4. The molecule has 0 radical (unpaired) electrons. The molecular weight excluding hydrogens is 665 g/mol. The van der Waals surface area contributed by atoms with E-state index in [1.54, 1.807) is 0 Å². The van der Waals surface area contributed by atoms with Crippen LogP contribution in [-0.2, 0) is 19.5 Å². The number of alkyl carbamates (subject to hydrolysis) is 1. The normalized spacial score (nSPS) is 14.1. The number of amides is 2. The Balaban J connectivity index is 1.29. The molecule has 6 rings (SSSR count). The third-order valence-corrected chi connectivity index (χ3v) is 15.2.